The van der Waals surface area contributed by atoms with Gasteiger partial charge in [0.15, 0.2) is 0 Å². The highest BCUT2D eigenvalue weighted by Gasteiger charge is 2.28. The standard InChI is InChI=1S/C7H18N2O3S3/c1-7(2,14-13-4-3-8)5-6(9)15(10,11)12/h6H,3-5,8-9H2,1-2H3,(H,10,11,12). The van der Waals surface area contributed by atoms with E-state index in [-0.39, 0.29) is 11.2 Å². The quantitative estimate of drug-likeness (QED) is 0.356. The van der Waals surface area contributed by atoms with Gasteiger partial charge in [-0.25, -0.2) is 0 Å². The lowest BCUT2D eigenvalue weighted by Gasteiger charge is -2.25. The molecule has 1 unspecified atom stereocenters. The van der Waals surface area contributed by atoms with Crippen LogP contribution in [0.2, 0.25) is 0 Å². The molecule has 0 heterocycles. The number of nitrogens with two attached hydrogens (primary N) is 2. The third-order valence-electron chi connectivity index (χ3n) is 1.56. The molecule has 0 aromatic heterocycles. The smallest absolute Gasteiger partial charge is 0.280 e. The minimum absolute atomic E-state index is 0.202. The molecule has 0 saturated heterocycles. The molecule has 0 aromatic rings. The van der Waals surface area contributed by atoms with Crippen molar-refractivity contribution in [1.29, 1.82) is 0 Å². The lowest BCUT2D eigenvalue weighted by atomic mass is 10.1. The Kier molecular flexibility index (Phi) is 6.53. The molecule has 5 nitrogen and oxygen atoms in total. The fourth-order valence-electron chi connectivity index (χ4n) is 0.873. The van der Waals surface area contributed by atoms with Crippen molar-refractivity contribution in [3.05, 3.63) is 0 Å². The highest BCUT2D eigenvalue weighted by atomic mass is 33.1. The molecule has 5 N–H and O–H groups in total. The Morgan fingerprint density at radius 2 is 2.00 bits per heavy atom. The topological polar surface area (TPSA) is 106 Å². The van der Waals surface area contributed by atoms with Crippen LogP contribution >= 0.6 is 21.6 Å². The van der Waals surface area contributed by atoms with E-state index in [1.807, 2.05) is 13.8 Å². The molecule has 0 aliphatic rings. The van der Waals surface area contributed by atoms with Crippen LogP contribution in [0.4, 0.5) is 0 Å². The second-order valence-electron chi connectivity index (χ2n) is 3.71. The van der Waals surface area contributed by atoms with Crippen LogP contribution in [-0.4, -0.2) is 35.4 Å². The molecule has 0 rings (SSSR count). The highest BCUT2D eigenvalue weighted by Crippen LogP contribution is 2.38. The first-order valence-corrected chi connectivity index (χ1v) is 8.24. The van der Waals surface area contributed by atoms with Crippen LogP contribution in [0.1, 0.15) is 20.3 Å². The summed E-state index contributed by atoms with van der Waals surface area (Å²) < 4.78 is 29.9. The first-order chi connectivity index (χ1) is 6.69. The minimum Gasteiger partial charge on any atom is -0.330 e. The third kappa shape index (κ3) is 7.42. The summed E-state index contributed by atoms with van der Waals surface area (Å²) in [7, 11) is -1.03. The van der Waals surface area contributed by atoms with Crippen LogP contribution in [0.3, 0.4) is 0 Å². The average Bonchev–Trinajstić information content (AvgIpc) is 2.01. The summed E-state index contributed by atoms with van der Waals surface area (Å²) in [5.41, 5.74) is 10.7. The highest BCUT2D eigenvalue weighted by molar-refractivity contribution is 8.77. The molecule has 1 atom stereocenters. The first kappa shape index (κ1) is 15.5. The molecule has 15 heavy (non-hydrogen) atoms. The molecule has 0 saturated carbocycles. The van der Waals surface area contributed by atoms with Gasteiger partial charge >= 0.3 is 0 Å². The SMILES string of the molecule is CC(C)(CC(N)S(=O)(=O)O)SSCCN. The Bertz CT molecular complexity index is 279. The van der Waals surface area contributed by atoms with E-state index in [4.69, 9.17) is 16.0 Å². The van der Waals surface area contributed by atoms with E-state index >= 15 is 0 Å². The zero-order valence-electron chi connectivity index (χ0n) is 8.84. The van der Waals surface area contributed by atoms with E-state index in [0.717, 1.165) is 5.75 Å². The summed E-state index contributed by atoms with van der Waals surface area (Å²) in [4.78, 5) is 0. The molecular formula is C7H18N2O3S3. The van der Waals surface area contributed by atoms with Crippen LogP contribution < -0.4 is 11.5 Å². The lowest BCUT2D eigenvalue weighted by molar-refractivity contribution is 0.454. The fraction of sp³-hybridized carbons (Fsp3) is 1.00. The number of hydrogen-bond donors (Lipinski definition) is 3. The largest absolute Gasteiger partial charge is 0.330 e. The van der Waals surface area contributed by atoms with Crippen molar-refractivity contribution >= 4 is 31.7 Å². The zero-order chi connectivity index (χ0) is 12.1. The van der Waals surface area contributed by atoms with Gasteiger partial charge in [0.2, 0.25) is 0 Å². The molecule has 0 fully saturated rings. The second-order valence-corrected chi connectivity index (χ2v) is 8.47. The maximum atomic E-state index is 10.7. The predicted molar refractivity (Wildman–Crippen MR) is 67.3 cm³/mol. The van der Waals surface area contributed by atoms with E-state index in [2.05, 4.69) is 0 Å². The molecule has 0 amide bonds. The molecule has 0 spiro atoms. The summed E-state index contributed by atoms with van der Waals surface area (Å²) in [6, 6.07) is 0. The Morgan fingerprint density at radius 3 is 2.40 bits per heavy atom. The van der Waals surface area contributed by atoms with Gasteiger partial charge < -0.3 is 11.5 Å². The molecule has 0 aliphatic carbocycles. The minimum atomic E-state index is -4.14. The maximum absolute atomic E-state index is 10.7. The average molecular weight is 274 g/mol. The van der Waals surface area contributed by atoms with Crippen molar-refractivity contribution in [2.24, 2.45) is 11.5 Å². The van der Waals surface area contributed by atoms with Crippen molar-refractivity contribution in [2.75, 3.05) is 12.3 Å². The van der Waals surface area contributed by atoms with E-state index in [1.54, 1.807) is 10.8 Å². The number of rotatable bonds is 7. The fourth-order valence-corrected chi connectivity index (χ4v) is 4.05. The number of hydrogen-bond acceptors (Lipinski definition) is 6. The molecule has 0 bridgehead atoms. The van der Waals surface area contributed by atoms with Gasteiger partial charge in [0.1, 0.15) is 5.37 Å². The van der Waals surface area contributed by atoms with Gasteiger partial charge in [-0.15, -0.1) is 0 Å². The van der Waals surface area contributed by atoms with E-state index in [1.165, 1.54) is 10.8 Å². The van der Waals surface area contributed by atoms with E-state index in [0.29, 0.717) is 6.54 Å². The van der Waals surface area contributed by atoms with Gasteiger partial charge in [0.05, 0.1) is 0 Å². The van der Waals surface area contributed by atoms with Crippen LogP contribution in [0.25, 0.3) is 0 Å². The van der Waals surface area contributed by atoms with Crippen LogP contribution in [0.15, 0.2) is 0 Å². The van der Waals surface area contributed by atoms with Gasteiger partial charge in [-0.2, -0.15) is 8.42 Å². The normalized spacial score (nSPS) is 15.3. The van der Waals surface area contributed by atoms with Crippen LogP contribution in [0.5, 0.6) is 0 Å². The monoisotopic (exact) mass is 274 g/mol. The van der Waals surface area contributed by atoms with Crippen molar-refractivity contribution in [3.63, 3.8) is 0 Å². The predicted octanol–water partition coefficient (Wildman–Crippen LogP) is 0.668. The summed E-state index contributed by atoms with van der Waals surface area (Å²) >= 11 is 0. The van der Waals surface area contributed by atoms with E-state index in [9.17, 15) is 8.42 Å². The molecule has 0 radical (unpaired) electrons. The van der Waals surface area contributed by atoms with Crippen molar-refractivity contribution in [2.45, 2.75) is 30.4 Å². The van der Waals surface area contributed by atoms with Crippen molar-refractivity contribution < 1.29 is 13.0 Å². The van der Waals surface area contributed by atoms with Gasteiger partial charge in [-0.1, -0.05) is 21.6 Å². The molecule has 0 aliphatic heterocycles. The van der Waals surface area contributed by atoms with Crippen molar-refractivity contribution in [3.8, 4) is 0 Å². The van der Waals surface area contributed by atoms with Crippen LogP contribution in [-0.2, 0) is 10.1 Å². The Labute approximate surface area is 98.9 Å². The molecule has 92 valence electrons. The van der Waals surface area contributed by atoms with Gasteiger partial charge in [-0.05, 0) is 20.3 Å². The third-order valence-corrected chi connectivity index (χ3v) is 5.84. The summed E-state index contributed by atoms with van der Waals surface area (Å²) in [5, 5.41) is -1.22. The molecular weight excluding hydrogens is 256 g/mol. The lowest BCUT2D eigenvalue weighted by Crippen LogP contribution is -2.36. The summed E-state index contributed by atoms with van der Waals surface area (Å²) in [6.45, 7) is 4.34. The summed E-state index contributed by atoms with van der Waals surface area (Å²) in [5.74, 6) is 0.801. The first-order valence-electron chi connectivity index (χ1n) is 4.41. The Morgan fingerprint density at radius 1 is 1.47 bits per heavy atom. The van der Waals surface area contributed by atoms with Gasteiger partial charge in [0.25, 0.3) is 10.1 Å². The zero-order valence-corrected chi connectivity index (χ0v) is 11.3. The van der Waals surface area contributed by atoms with Gasteiger partial charge in [-0.3, -0.25) is 4.55 Å². The molecule has 0 aromatic carbocycles. The van der Waals surface area contributed by atoms with E-state index < -0.39 is 15.5 Å². The van der Waals surface area contributed by atoms with Crippen molar-refractivity contribution in [1.82, 2.24) is 0 Å². The van der Waals surface area contributed by atoms with Gasteiger partial charge in [0, 0.05) is 17.0 Å². The second kappa shape index (κ2) is 6.31. The summed E-state index contributed by atoms with van der Waals surface area (Å²) in [6.07, 6.45) is 0.202. The molecule has 8 heteroatoms. The Balaban J connectivity index is 4.13. The Hall–Kier alpha value is 0.530. The maximum Gasteiger partial charge on any atom is 0.280 e. The van der Waals surface area contributed by atoms with Crippen LogP contribution in [0, 0.1) is 0 Å².